The molecule has 0 saturated carbocycles. The van der Waals surface area contributed by atoms with E-state index in [0.717, 1.165) is 17.7 Å². The van der Waals surface area contributed by atoms with Gasteiger partial charge in [-0.3, -0.25) is 14.6 Å². The number of aryl methyl sites for hydroxylation is 1. The topological polar surface area (TPSA) is 81.3 Å². The summed E-state index contributed by atoms with van der Waals surface area (Å²) in [6.45, 7) is 3.48. The first kappa shape index (κ1) is 20.4. The molecule has 6 nitrogen and oxygen atoms in total. The quantitative estimate of drug-likeness (QED) is 0.479. The van der Waals surface area contributed by atoms with Crippen LogP contribution in [0.4, 0.5) is 13.2 Å². The molecule has 0 aliphatic rings. The molecule has 0 unspecified atom stereocenters. The number of carbonyl (C=O) groups is 2. The van der Waals surface area contributed by atoms with E-state index in [1.54, 1.807) is 19.1 Å². The number of nitrogens with one attached hydrogen (secondary N) is 1. The van der Waals surface area contributed by atoms with E-state index < -0.39 is 23.9 Å². The maximum absolute atomic E-state index is 13.0. The molecule has 1 aromatic carbocycles. The minimum Gasteiger partial charge on any atom is -0.423 e. The molecule has 29 heavy (non-hydrogen) atoms. The Balaban J connectivity index is 2.13. The van der Waals surface area contributed by atoms with Crippen LogP contribution in [0.3, 0.4) is 0 Å². The summed E-state index contributed by atoms with van der Waals surface area (Å²) >= 11 is 0. The number of hydrogen-bond acceptors (Lipinski definition) is 5. The Morgan fingerprint density at radius 2 is 1.90 bits per heavy atom. The van der Waals surface area contributed by atoms with Crippen molar-refractivity contribution in [1.29, 1.82) is 0 Å². The summed E-state index contributed by atoms with van der Waals surface area (Å²) in [6.07, 6.45) is -2.69. The molecule has 0 spiro atoms. The van der Waals surface area contributed by atoms with Crippen molar-refractivity contribution in [2.75, 3.05) is 0 Å². The second-order valence-corrected chi connectivity index (χ2v) is 6.14. The number of aromatic amines is 1. The van der Waals surface area contributed by atoms with Crippen molar-refractivity contribution in [1.82, 2.24) is 9.97 Å². The zero-order valence-corrected chi connectivity index (χ0v) is 15.6. The molecule has 2 heterocycles. The molecule has 1 N–H and O–H groups in total. The number of hydrogen-bond donors (Lipinski definition) is 1. The minimum atomic E-state index is -4.88. The first-order valence-corrected chi connectivity index (χ1v) is 8.83. The molecule has 2 aromatic heterocycles. The molecule has 3 aromatic rings. The number of carbonyl (C=O) groups excluding carboxylic acids is 2. The molecular weight excluding hydrogens is 389 g/mol. The number of halogens is 3. The third-order valence-corrected chi connectivity index (χ3v) is 4.15. The molecule has 9 heteroatoms. The van der Waals surface area contributed by atoms with Crippen LogP contribution in [-0.2, 0) is 11.2 Å². The number of alkyl halides is 3. The number of pyridine rings is 1. The van der Waals surface area contributed by atoms with Gasteiger partial charge in [0.15, 0.2) is 5.75 Å². The molecule has 0 aliphatic heterocycles. The van der Waals surface area contributed by atoms with Gasteiger partial charge in [0.1, 0.15) is 17.1 Å². The van der Waals surface area contributed by atoms with E-state index in [1.165, 1.54) is 12.3 Å². The smallest absolute Gasteiger partial charge is 0.423 e. The second-order valence-electron chi connectivity index (χ2n) is 6.14. The third-order valence-electron chi connectivity index (χ3n) is 4.15. The highest BCUT2D eigenvalue weighted by atomic mass is 19.4. The van der Waals surface area contributed by atoms with Gasteiger partial charge in [-0.2, -0.15) is 0 Å². The summed E-state index contributed by atoms with van der Waals surface area (Å²) in [5, 5.41) is 0.114. The van der Waals surface area contributed by atoms with Crippen LogP contribution in [0.1, 0.15) is 42.0 Å². The molecule has 152 valence electrons. The monoisotopic (exact) mass is 406 g/mol. The summed E-state index contributed by atoms with van der Waals surface area (Å²) in [7, 11) is 0. The van der Waals surface area contributed by atoms with Crippen LogP contribution in [0.5, 0.6) is 11.5 Å². The number of nitrogens with zero attached hydrogens (tertiary/aromatic N) is 1. The van der Waals surface area contributed by atoms with Crippen molar-refractivity contribution in [3.63, 3.8) is 0 Å². The molecular formula is C20H17F3N2O4. The Bertz CT molecular complexity index is 1070. The van der Waals surface area contributed by atoms with E-state index in [0.29, 0.717) is 11.9 Å². The van der Waals surface area contributed by atoms with Crippen molar-refractivity contribution in [3.05, 3.63) is 53.5 Å². The Morgan fingerprint density at radius 3 is 2.55 bits per heavy atom. The van der Waals surface area contributed by atoms with Gasteiger partial charge < -0.3 is 14.5 Å². The van der Waals surface area contributed by atoms with Crippen molar-refractivity contribution >= 4 is 22.7 Å². The first-order chi connectivity index (χ1) is 13.7. The first-order valence-electron chi connectivity index (χ1n) is 8.83. The minimum absolute atomic E-state index is 0.0165. The van der Waals surface area contributed by atoms with E-state index >= 15 is 0 Å². The van der Waals surface area contributed by atoms with Crippen LogP contribution in [-0.4, -0.2) is 28.1 Å². The number of esters is 1. The van der Waals surface area contributed by atoms with Gasteiger partial charge in [-0.05, 0) is 42.3 Å². The van der Waals surface area contributed by atoms with Crippen LogP contribution in [0.25, 0.3) is 10.9 Å². The molecule has 0 bridgehead atoms. The van der Waals surface area contributed by atoms with Gasteiger partial charge in [-0.15, -0.1) is 13.2 Å². The molecule has 0 atom stereocenters. The molecule has 0 fully saturated rings. The van der Waals surface area contributed by atoms with Crippen molar-refractivity contribution in [3.8, 4) is 11.5 Å². The standard InChI is InChI=1S/C20H17F3N2O4/c1-3-11-7-8-24-15(9-11)18(27)17-19(28-16(26)4-2)13-10-12(29-20(21,22)23)5-6-14(13)25-17/h5-10,25H,3-4H2,1-2H3. The Labute approximate surface area is 163 Å². The second kappa shape index (κ2) is 7.94. The lowest BCUT2D eigenvalue weighted by Gasteiger charge is -2.09. The number of benzene rings is 1. The SMILES string of the molecule is CCC(=O)Oc1c(C(=O)c2cc(CC)ccn2)[nH]c2ccc(OC(F)(F)F)cc12. The largest absolute Gasteiger partial charge is 0.573 e. The summed E-state index contributed by atoms with van der Waals surface area (Å²) in [5.74, 6) is -1.85. The number of rotatable bonds is 6. The number of fused-ring (bicyclic) bond motifs is 1. The van der Waals surface area contributed by atoms with Crippen LogP contribution >= 0.6 is 0 Å². The van der Waals surface area contributed by atoms with Gasteiger partial charge in [0, 0.05) is 18.0 Å². The predicted molar refractivity (Wildman–Crippen MR) is 98.0 cm³/mol. The van der Waals surface area contributed by atoms with Crippen LogP contribution in [0.15, 0.2) is 36.5 Å². The van der Waals surface area contributed by atoms with Crippen LogP contribution < -0.4 is 9.47 Å². The highest BCUT2D eigenvalue weighted by molar-refractivity contribution is 6.13. The fraction of sp³-hybridized carbons (Fsp3) is 0.250. The third kappa shape index (κ3) is 4.56. The molecule has 3 rings (SSSR count). The lowest BCUT2D eigenvalue weighted by Crippen LogP contribution is -2.17. The van der Waals surface area contributed by atoms with E-state index in [-0.39, 0.29) is 28.9 Å². The molecule has 0 radical (unpaired) electrons. The van der Waals surface area contributed by atoms with Crippen molar-refractivity contribution in [2.45, 2.75) is 33.1 Å². The number of aromatic nitrogens is 2. The van der Waals surface area contributed by atoms with Gasteiger partial charge in [0.05, 0.1) is 5.52 Å². The van der Waals surface area contributed by atoms with Gasteiger partial charge in [-0.1, -0.05) is 13.8 Å². The van der Waals surface area contributed by atoms with E-state index in [4.69, 9.17) is 4.74 Å². The Morgan fingerprint density at radius 1 is 1.14 bits per heavy atom. The average molecular weight is 406 g/mol. The highest BCUT2D eigenvalue weighted by Crippen LogP contribution is 2.35. The maximum atomic E-state index is 13.0. The van der Waals surface area contributed by atoms with Gasteiger partial charge in [0.2, 0.25) is 5.78 Å². The Kier molecular flexibility index (Phi) is 5.58. The molecule has 0 amide bonds. The van der Waals surface area contributed by atoms with E-state index in [1.807, 2.05) is 6.92 Å². The predicted octanol–water partition coefficient (Wildman–Crippen LogP) is 4.57. The zero-order valence-electron chi connectivity index (χ0n) is 15.6. The summed E-state index contributed by atoms with van der Waals surface area (Å²) in [5.41, 5.74) is 1.24. The zero-order chi connectivity index (χ0) is 21.2. The van der Waals surface area contributed by atoms with E-state index in [9.17, 15) is 22.8 Å². The highest BCUT2D eigenvalue weighted by Gasteiger charge is 2.32. The molecule has 0 aliphatic carbocycles. The number of H-pyrrole nitrogens is 1. The summed E-state index contributed by atoms with van der Waals surface area (Å²) < 4.78 is 46.9. The van der Waals surface area contributed by atoms with Crippen LogP contribution in [0, 0.1) is 0 Å². The van der Waals surface area contributed by atoms with E-state index in [2.05, 4.69) is 14.7 Å². The number of ether oxygens (including phenoxy) is 2. The van der Waals surface area contributed by atoms with Crippen molar-refractivity contribution < 1.29 is 32.2 Å². The van der Waals surface area contributed by atoms with Crippen LogP contribution in [0.2, 0.25) is 0 Å². The van der Waals surface area contributed by atoms with Crippen molar-refractivity contribution in [2.24, 2.45) is 0 Å². The summed E-state index contributed by atoms with van der Waals surface area (Å²) in [6, 6.07) is 6.84. The fourth-order valence-electron chi connectivity index (χ4n) is 2.74. The fourth-order valence-corrected chi connectivity index (χ4v) is 2.74. The lowest BCUT2D eigenvalue weighted by atomic mass is 10.1. The maximum Gasteiger partial charge on any atom is 0.573 e. The van der Waals surface area contributed by atoms with Gasteiger partial charge >= 0.3 is 12.3 Å². The van der Waals surface area contributed by atoms with Gasteiger partial charge in [-0.25, -0.2) is 0 Å². The summed E-state index contributed by atoms with van der Waals surface area (Å²) in [4.78, 5) is 31.7. The normalized spacial score (nSPS) is 11.5. The average Bonchev–Trinajstić information content (AvgIpc) is 3.03. The number of ketones is 1. The Hall–Kier alpha value is -3.36. The molecule has 0 saturated heterocycles. The lowest BCUT2D eigenvalue weighted by molar-refractivity contribution is -0.274. The van der Waals surface area contributed by atoms with Gasteiger partial charge in [0.25, 0.3) is 0 Å².